The molecule has 0 aliphatic carbocycles. The first kappa shape index (κ1) is 18.3. The fraction of sp³-hybridized carbons (Fsp3) is 0.250. The second-order valence-corrected chi connectivity index (χ2v) is 6.30. The molecule has 1 aliphatic rings. The number of nitrogens with zero attached hydrogens (tertiary/aromatic N) is 2. The number of amides is 2. The van der Waals surface area contributed by atoms with Crippen molar-refractivity contribution < 1.29 is 19.4 Å². The van der Waals surface area contributed by atoms with Crippen LogP contribution < -0.4 is 10.1 Å². The molecule has 138 valence electrons. The summed E-state index contributed by atoms with van der Waals surface area (Å²) in [6.45, 7) is 0.842. The molecule has 2 N–H and O–H groups in total. The van der Waals surface area contributed by atoms with Crippen molar-refractivity contribution in [3.05, 3.63) is 54.1 Å². The predicted octanol–water partition coefficient (Wildman–Crippen LogP) is 3.68. The highest BCUT2D eigenvalue weighted by Gasteiger charge is 2.26. The molecule has 2 amide bonds. The summed E-state index contributed by atoms with van der Waals surface area (Å²) in [5.41, 5.74) is 1.14. The van der Waals surface area contributed by atoms with E-state index in [1.807, 2.05) is 6.07 Å². The fourth-order valence-electron chi connectivity index (χ4n) is 2.90. The van der Waals surface area contributed by atoms with Gasteiger partial charge < -0.3 is 20.1 Å². The Morgan fingerprint density at radius 3 is 2.44 bits per heavy atom. The number of nitrogens with one attached hydrogen (secondary N) is 1. The van der Waals surface area contributed by atoms with Crippen LogP contribution in [0.1, 0.15) is 18.4 Å². The molecule has 0 bridgehead atoms. The van der Waals surface area contributed by atoms with E-state index >= 15 is 0 Å². The van der Waals surface area contributed by atoms with Gasteiger partial charge in [-0.15, -0.1) is 0 Å². The number of benzene rings is 2. The maximum atomic E-state index is 12.4. The Morgan fingerprint density at radius 1 is 1.11 bits per heavy atom. The first-order valence-corrected chi connectivity index (χ1v) is 8.62. The fourth-order valence-corrected chi connectivity index (χ4v) is 2.90. The van der Waals surface area contributed by atoms with Crippen molar-refractivity contribution in [2.45, 2.75) is 12.8 Å². The van der Waals surface area contributed by atoms with Gasteiger partial charge in [-0.2, -0.15) is 5.26 Å². The molecule has 0 aromatic heterocycles. The number of carboxylic acids is 1. The Hall–Kier alpha value is -3.53. The summed E-state index contributed by atoms with van der Waals surface area (Å²) >= 11 is 0. The monoisotopic (exact) mass is 365 g/mol. The lowest BCUT2D eigenvalue weighted by Crippen LogP contribution is -2.42. The van der Waals surface area contributed by atoms with E-state index in [0.717, 1.165) is 0 Å². The van der Waals surface area contributed by atoms with Gasteiger partial charge in [0.2, 0.25) is 0 Å². The van der Waals surface area contributed by atoms with Crippen molar-refractivity contribution in [1.29, 1.82) is 5.26 Å². The van der Waals surface area contributed by atoms with Crippen LogP contribution in [0.3, 0.4) is 0 Å². The van der Waals surface area contributed by atoms with Gasteiger partial charge >= 0.3 is 12.0 Å². The average molecular weight is 365 g/mol. The zero-order chi connectivity index (χ0) is 19.2. The molecule has 0 spiro atoms. The lowest BCUT2D eigenvalue weighted by Gasteiger charge is -2.30. The van der Waals surface area contributed by atoms with Crippen molar-refractivity contribution in [2.24, 2.45) is 5.92 Å². The smallest absolute Gasteiger partial charge is 0.321 e. The Labute approximate surface area is 156 Å². The molecule has 1 heterocycles. The van der Waals surface area contributed by atoms with Gasteiger partial charge in [-0.1, -0.05) is 6.07 Å². The minimum atomic E-state index is -0.803. The normalized spacial score (nSPS) is 14.3. The largest absolute Gasteiger partial charge is 0.481 e. The van der Waals surface area contributed by atoms with E-state index in [4.69, 9.17) is 15.1 Å². The Bertz CT molecular complexity index is 866. The minimum Gasteiger partial charge on any atom is -0.481 e. The Morgan fingerprint density at radius 2 is 1.81 bits per heavy atom. The third kappa shape index (κ3) is 4.76. The Balaban J connectivity index is 1.59. The highest BCUT2D eigenvalue weighted by atomic mass is 16.5. The lowest BCUT2D eigenvalue weighted by atomic mass is 9.97. The van der Waals surface area contributed by atoms with E-state index in [1.54, 1.807) is 53.4 Å². The van der Waals surface area contributed by atoms with Crippen LogP contribution in [0.15, 0.2) is 48.5 Å². The zero-order valence-corrected chi connectivity index (χ0v) is 14.6. The predicted molar refractivity (Wildman–Crippen MR) is 98.6 cm³/mol. The van der Waals surface area contributed by atoms with Crippen molar-refractivity contribution in [3.8, 4) is 17.6 Å². The zero-order valence-electron chi connectivity index (χ0n) is 14.6. The van der Waals surface area contributed by atoms with Gasteiger partial charge in [0.05, 0.1) is 17.6 Å². The molecule has 2 aromatic carbocycles. The molecule has 27 heavy (non-hydrogen) atoms. The number of hydrogen-bond acceptors (Lipinski definition) is 4. The van der Waals surface area contributed by atoms with Gasteiger partial charge in [-0.05, 0) is 49.2 Å². The molecule has 1 saturated heterocycles. The molecule has 0 unspecified atom stereocenters. The topological polar surface area (TPSA) is 103 Å². The van der Waals surface area contributed by atoms with Crippen LogP contribution in [-0.2, 0) is 4.79 Å². The SMILES string of the molecule is N#Cc1ccc(Oc2cccc(NC(=O)N3CCC(C(=O)O)CC3)c2)cc1. The molecule has 0 saturated carbocycles. The maximum absolute atomic E-state index is 12.4. The first-order valence-electron chi connectivity index (χ1n) is 8.62. The number of rotatable bonds is 4. The lowest BCUT2D eigenvalue weighted by molar-refractivity contribution is -0.143. The summed E-state index contributed by atoms with van der Waals surface area (Å²) < 4.78 is 5.75. The minimum absolute atomic E-state index is 0.255. The summed E-state index contributed by atoms with van der Waals surface area (Å²) in [5.74, 6) is -0.0313. The molecule has 1 aliphatic heterocycles. The number of hydrogen-bond donors (Lipinski definition) is 2. The third-order valence-electron chi connectivity index (χ3n) is 4.44. The summed E-state index contributed by atoms with van der Waals surface area (Å²) in [6.07, 6.45) is 0.926. The van der Waals surface area contributed by atoms with E-state index in [-0.39, 0.29) is 11.9 Å². The number of anilines is 1. The highest BCUT2D eigenvalue weighted by Crippen LogP contribution is 2.25. The van der Waals surface area contributed by atoms with Crippen LogP contribution in [0.4, 0.5) is 10.5 Å². The number of piperidine rings is 1. The van der Waals surface area contributed by atoms with Gasteiger partial charge in [0.1, 0.15) is 11.5 Å². The summed E-state index contributed by atoms with van der Waals surface area (Å²) in [5, 5.41) is 20.7. The maximum Gasteiger partial charge on any atom is 0.321 e. The van der Waals surface area contributed by atoms with Gasteiger partial charge in [0.15, 0.2) is 0 Å². The molecule has 7 nitrogen and oxygen atoms in total. The van der Waals surface area contributed by atoms with E-state index in [1.165, 1.54) is 0 Å². The number of carbonyl (C=O) groups is 2. The van der Waals surface area contributed by atoms with E-state index < -0.39 is 5.97 Å². The van der Waals surface area contributed by atoms with E-state index in [9.17, 15) is 9.59 Å². The number of carbonyl (C=O) groups excluding carboxylic acids is 1. The Kier molecular flexibility index (Phi) is 5.57. The number of aliphatic carboxylic acids is 1. The molecule has 2 aromatic rings. The number of carboxylic acid groups (broad SMARTS) is 1. The molecular weight excluding hydrogens is 346 g/mol. The third-order valence-corrected chi connectivity index (χ3v) is 4.44. The standard InChI is InChI=1S/C20H19N3O4/c21-13-14-4-6-17(7-5-14)27-18-3-1-2-16(12-18)22-20(26)23-10-8-15(9-11-23)19(24)25/h1-7,12,15H,8-11H2,(H,22,26)(H,24,25). The number of likely N-dealkylation sites (tertiary alicyclic amines) is 1. The molecule has 1 fully saturated rings. The van der Waals surface area contributed by atoms with Crippen LogP contribution in [0.2, 0.25) is 0 Å². The number of nitriles is 1. The van der Waals surface area contributed by atoms with Crippen LogP contribution in [0.5, 0.6) is 11.5 Å². The average Bonchev–Trinajstić information content (AvgIpc) is 2.69. The molecule has 3 rings (SSSR count). The van der Waals surface area contributed by atoms with Gasteiger partial charge in [-0.3, -0.25) is 4.79 Å². The first-order chi connectivity index (χ1) is 13.0. The summed E-state index contributed by atoms with van der Waals surface area (Å²) in [4.78, 5) is 25.0. The van der Waals surface area contributed by atoms with E-state index in [2.05, 4.69) is 5.32 Å². The van der Waals surface area contributed by atoms with Crippen LogP contribution in [-0.4, -0.2) is 35.1 Å². The molecule has 0 radical (unpaired) electrons. The van der Waals surface area contributed by atoms with Crippen LogP contribution in [0.25, 0.3) is 0 Å². The van der Waals surface area contributed by atoms with Gasteiger partial charge in [0.25, 0.3) is 0 Å². The number of urea groups is 1. The van der Waals surface area contributed by atoms with E-state index in [0.29, 0.717) is 48.7 Å². The second-order valence-electron chi connectivity index (χ2n) is 6.30. The highest BCUT2D eigenvalue weighted by molar-refractivity contribution is 5.89. The van der Waals surface area contributed by atoms with Gasteiger partial charge in [0, 0.05) is 24.8 Å². The summed E-state index contributed by atoms with van der Waals surface area (Å²) in [7, 11) is 0. The molecule has 7 heteroatoms. The van der Waals surface area contributed by atoms with Gasteiger partial charge in [-0.25, -0.2) is 4.79 Å². The van der Waals surface area contributed by atoms with Crippen molar-refractivity contribution in [3.63, 3.8) is 0 Å². The van der Waals surface area contributed by atoms with Crippen molar-refractivity contribution >= 4 is 17.7 Å². The van der Waals surface area contributed by atoms with Crippen molar-refractivity contribution in [2.75, 3.05) is 18.4 Å². The quantitative estimate of drug-likeness (QED) is 0.860. The molecular formula is C20H19N3O4. The number of ether oxygens (including phenoxy) is 1. The molecule has 0 atom stereocenters. The second kappa shape index (κ2) is 8.23. The van der Waals surface area contributed by atoms with Crippen LogP contribution >= 0.6 is 0 Å². The van der Waals surface area contributed by atoms with Crippen molar-refractivity contribution in [1.82, 2.24) is 4.90 Å². The summed E-state index contributed by atoms with van der Waals surface area (Å²) in [6, 6.07) is 15.5. The van der Waals surface area contributed by atoms with Crippen LogP contribution in [0, 0.1) is 17.2 Å².